The number of rotatable bonds is 4. The average molecular weight is 233 g/mol. The molecule has 0 atom stereocenters. The molecule has 5 heteroatoms. The molecule has 2 aromatic rings. The maximum absolute atomic E-state index is 11.0. The first-order valence-electron chi connectivity index (χ1n) is 5.40. The van der Waals surface area contributed by atoms with Gasteiger partial charge < -0.3 is 15.1 Å². The van der Waals surface area contributed by atoms with Crippen molar-refractivity contribution in [2.45, 2.75) is 20.3 Å². The fourth-order valence-electron chi connectivity index (χ4n) is 1.58. The van der Waals surface area contributed by atoms with E-state index in [-0.39, 0.29) is 0 Å². The van der Waals surface area contributed by atoms with Crippen LogP contribution in [0, 0.1) is 5.41 Å². The number of aromatic nitrogens is 3. The summed E-state index contributed by atoms with van der Waals surface area (Å²) in [6.45, 7) is 3.37. The molecule has 2 heterocycles. The number of aromatic amines is 2. The van der Waals surface area contributed by atoms with Crippen LogP contribution in [0.3, 0.4) is 0 Å². The molecule has 2 aromatic heterocycles. The number of carboxylic acids is 1. The fraction of sp³-hybridized carbons (Fsp3) is 0.333. The van der Waals surface area contributed by atoms with Gasteiger partial charge in [0, 0.05) is 12.6 Å². The molecule has 5 nitrogen and oxygen atoms in total. The summed E-state index contributed by atoms with van der Waals surface area (Å²) in [4.78, 5) is 21.4. The first kappa shape index (κ1) is 11.4. The lowest BCUT2D eigenvalue weighted by atomic mass is 9.89. The van der Waals surface area contributed by atoms with Gasteiger partial charge in [-0.05, 0) is 26.0 Å². The van der Waals surface area contributed by atoms with E-state index in [4.69, 9.17) is 5.11 Å². The molecule has 0 aromatic carbocycles. The Labute approximate surface area is 98.9 Å². The minimum Gasteiger partial charge on any atom is -0.481 e. The normalized spacial score (nSPS) is 11.6. The molecule has 0 spiro atoms. The van der Waals surface area contributed by atoms with E-state index in [1.165, 1.54) is 0 Å². The van der Waals surface area contributed by atoms with Crippen molar-refractivity contribution in [2.24, 2.45) is 5.41 Å². The molecule has 2 rings (SSSR count). The molecule has 0 amide bonds. The van der Waals surface area contributed by atoms with E-state index >= 15 is 0 Å². The molecule has 0 unspecified atom stereocenters. The molecule has 0 fully saturated rings. The molecule has 0 saturated heterocycles. The number of H-pyrrole nitrogens is 2. The summed E-state index contributed by atoms with van der Waals surface area (Å²) in [5.74, 6) is -0.141. The van der Waals surface area contributed by atoms with Crippen molar-refractivity contribution in [1.29, 1.82) is 0 Å². The Bertz CT molecular complexity index is 512. The molecule has 90 valence electrons. The molecule has 0 aliphatic heterocycles. The van der Waals surface area contributed by atoms with Gasteiger partial charge in [0.2, 0.25) is 0 Å². The molecule has 0 aliphatic carbocycles. The Hall–Kier alpha value is -2.04. The van der Waals surface area contributed by atoms with Gasteiger partial charge in [-0.15, -0.1) is 0 Å². The highest BCUT2D eigenvalue weighted by Gasteiger charge is 2.28. The summed E-state index contributed by atoms with van der Waals surface area (Å²) < 4.78 is 0. The Morgan fingerprint density at radius 1 is 1.47 bits per heavy atom. The third-order valence-electron chi connectivity index (χ3n) is 2.70. The first-order valence-corrected chi connectivity index (χ1v) is 5.40. The molecule has 0 saturated carbocycles. The number of hydrogen-bond donors (Lipinski definition) is 3. The predicted octanol–water partition coefficient (Wildman–Crippen LogP) is 2.06. The summed E-state index contributed by atoms with van der Waals surface area (Å²) in [6.07, 6.45) is 3.92. The van der Waals surface area contributed by atoms with E-state index in [1.807, 2.05) is 18.3 Å². The predicted molar refractivity (Wildman–Crippen MR) is 63.5 cm³/mol. The van der Waals surface area contributed by atoms with Crippen LogP contribution in [-0.2, 0) is 11.2 Å². The van der Waals surface area contributed by atoms with Crippen molar-refractivity contribution in [2.75, 3.05) is 0 Å². The number of carboxylic acid groups (broad SMARTS) is 1. The maximum Gasteiger partial charge on any atom is 0.309 e. The molecule has 0 bridgehead atoms. The summed E-state index contributed by atoms with van der Waals surface area (Å²) in [7, 11) is 0. The van der Waals surface area contributed by atoms with E-state index in [2.05, 4.69) is 15.0 Å². The summed E-state index contributed by atoms with van der Waals surface area (Å²) >= 11 is 0. The van der Waals surface area contributed by atoms with Gasteiger partial charge in [-0.2, -0.15) is 0 Å². The van der Waals surface area contributed by atoms with E-state index in [9.17, 15) is 4.79 Å². The van der Waals surface area contributed by atoms with Gasteiger partial charge >= 0.3 is 5.97 Å². The molecule has 3 N–H and O–H groups in total. The monoisotopic (exact) mass is 233 g/mol. The van der Waals surface area contributed by atoms with Crippen LogP contribution in [0.2, 0.25) is 0 Å². The van der Waals surface area contributed by atoms with Crippen molar-refractivity contribution in [1.82, 2.24) is 15.0 Å². The number of imidazole rings is 1. The van der Waals surface area contributed by atoms with Crippen molar-refractivity contribution in [3.8, 4) is 11.4 Å². The summed E-state index contributed by atoms with van der Waals surface area (Å²) in [5.41, 5.74) is 0.994. The largest absolute Gasteiger partial charge is 0.481 e. The quantitative estimate of drug-likeness (QED) is 0.756. The van der Waals surface area contributed by atoms with Gasteiger partial charge in [-0.25, -0.2) is 4.98 Å². The fourth-order valence-corrected chi connectivity index (χ4v) is 1.58. The highest BCUT2D eigenvalue weighted by atomic mass is 16.4. The van der Waals surface area contributed by atoms with Crippen LogP contribution >= 0.6 is 0 Å². The molecular weight excluding hydrogens is 218 g/mol. The first-order chi connectivity index (χ1) is 7.99. The standard InChI is InChI=1S/C12H15N3O2/c1-12(2,11(16)17)6-10-14-7-9(15-10)8-4-3-5-13-8/h3-5,7,13H,6H2,1-2H3,(H,14,15)(H,16,17). The molecule has 0 aliphatic rings. The van der Waals surface area contributed by atoms with Crippen molar-refractivity contribution >= 4 is 5.97 Å². The Kier molecular flexibility index (Phi) is 2.75. The van der Waals surface area contributed by atoms with Crippen LogP contribution in [0.4, 0.5) is 0 Å². The zero-order chi connectivity index (χ0) is 12.5. The third-order valence-corrected chi connectivity index (χ3v) is 2.70. The number of nitrogens with zero attached hydrogens (tertiary/aromatic N) is 1. The van der Waals surface area contributed by atoms with Crippen LogP contribution in [0.1, 0.15) is 19.7 Å². The zero-order valence-electron chi connectivity index (χ0n) is 9.82. The molecule has 17 heavy (non-hydrogen) atoms. The minimum absolute atomic E-state index is 0.378. The van der Waals surface area contributed by atoms with Crippen molar-refractivity contribution in [3.63, 3.8) is 0 Å². The van der Waals surface area contributed by atoms with E-state index in [1.54, 1.807) is 20.0 Å². The van der Waals surface area contributed by atoms with Gasteiger partial charge in [0.25, 0.3) is 0 Å². The van der Waals surface area contributed by atoms with Gasteiger partial charge in [-0.1, -0.05) is 0 Å². The number of nitrogens with one attached hydrogen (secondary N) is 2. The van der Waals surface area contributed by atoms with Crippen molar-refractivity contribution in [3.05, 3.63) is 30.4 Å². The van der Waals surface area contributed by atoms with Gasteiger partial charge in [-0.3, -0.25) is 4.79 Å². The van der Waals surface area contributed by atoms with E-state index in [0.717, 1.165) is 11.4 Å². The molecular formula is C12H15N3O2. The smallest absolute Gasteiger partial charge is 0.309 e. The summed E-state index contributed by atoms with van der Waals surface area (Å²) in [5, 5.41) is 9.05. The third kappa shape index (κ3) is 2.38. The SMILES string of the molecule is CC(C)(Cc1ncc(-c2ccc[nH]2)[nH]1)C(=O)O. The number of hydrogen-bond acceptors (Lipinski definition) is 2. The summed E-state index contributed by atoms with van der Waals surface area (Å²) in [6, 6.07) is 3.83. The lowest BCUT2D eigenvalue weighted by Crippen LogP contribution is -2.26. The van der Waals surface area contributed by atoms with Crippen LogP contribution in [-0.4, -0.2) is 26.0 Å². The van der Waals surface area contributed by atoms with Crippen LogP contribution in [0.15, 0.2) is 24.5 Å². The lowest BCUT2D eigenvalue weighted by molar-refractivity contribution is -0.146. The van der Waals surface area contributed by atoms with E-state index in [0.29, 0.717) is 12.2 Å². The van der Waals surface area contributed by atoms with Gasteiger partial charge in [0.15, 0.2) is 0 Å². The second kappa shape index (κ2) is 4.08. The van der Waals surface area contributed by atoms with Crippen LogP contribution < -0.4 is 0 Å². The number of aliphatic carboxylic acids is 1. The topological polar surface area (TPSA) is 81.8 Å². The Balaban J connectivity index is 2.17. The van der Waals surface area contributed by atoms with Gasteiger partial charge in [0.1, 0.15) is 5.82 Å². The van der Waals surface area contributed by atoms with Crippen LogP contribution in [0.25, 0.3) is 11.4 Å². The maximum atomic E-state index is 11.0. The van der Waals surface area contributed by atoms with Crippen LogP contribution in [0.5, 0.6) is 0 Å². The Morgan fingerprint density at radius 3 is 2.82 bits per heavy atom. The second-order valence-corrected chi connectivity index (χ2v) is 4.69. The highest BCUT2D eigenvalue weighted by molar-refractivity contribution is 5.73. The highest BCUT2D eigenvalue weighted by Crippen LogP contribution is 2.22. The van der Waals surface area contributed by atoms with Crippen molar-refractivity contribution < 1.29 is 9.90 Å². The average Bonchev–Trinajstić information content (AvgIpc) is 2.85. The number of carbonyl (C=O) groups is 1. The molecule has 0 radical (unpaired) electrons. The lowest BCUT2D eigenvalue weighted by Gasteiger charge is -2.16. The van der Waals surface area contributed by atoms with Gasteiger partial charge in [0.05, 0.1) is 23.0 Å². The zero-order valence-corrected chi connectivity index (χ0v) is 9.82. The minimum atomic E-state index is -0.824. The van der Waals surface area contributed by atoms with E-state index < -0.39 is 11.4 Å². The second-order valence-electron chi connectivity index (χ2n) is 4.69. The Morgan fingerprint density at radius 2 is 2.24 bits per heavy atom.